The molecule has 0 aliphatic heterocycles. The second-order valence-corrected chi connectivity index (χ2v) is 1.77. The maximum Gasteiger partial charge on any atom is 0.361 e. The van der Waals surface area contributed by atoms with Crippen molar-refractivity contribution >= 4 is 17.7 Å². The molecular weight excluding hydrogens is 158 g/mol. The first-order valence-electron chi connectivity index (χ1n) is 2.09. The summed E-state index contributed by atoms with van der Waals surface area (Å²) in [4.78, 5) is 19.2. The van der Waals surface area contributed by atoms with E-state index in [4.69, 9.17) is 11.5 Å². The summed E-state index contributed by atoms with van der Waals surface area (Å²) in [7, 11) is 0. The van der Waals surface area contributed by atoms with Crippen molar-refractivity contribution in [3.8, 4) is 0 Å². The van der Waals surface area contributed by atoms with Crippen LogP contribution < -0.4 is 11.5 Å². The molecule has 56 valence electrons. The summed E-state index contributed by atoms with van der Waals surface area (Å²) in [6.07, 6.45) is 0. The molecule has 0 amide bonds. The van der Waals surface area contributed by atoms with E-state index in [9.17, 15) is 14.9 Å². The molecule has 0 aromatic rings. The fraction of sp³-hybridized carbons (Fsp3) is 0. The molecule has 10 heavy (non-hydrogen) atoms. The summed E-state index contributed by atoms with van der Waals surface area (Å²) < 4.78 is 0. The van der Waals surface area contributed by atoms with Crippen LogP contribution in [0, 0.1) is 10.1 Å². The van der Waals surface area contributed by atoms with Crippen LogP contribution >= 0.6 is 12.6 Å². The molecule has 0 aliphatic carbocycles. The van der Waals surface area contributed by atoms with Gasteiger partial charge in [-0.3, -0.25) is 14.9 Å². The van der Waals surface area contributed by atoms with Gasteiger partial charge in [-0.1, -0.05) is 12.6 Å². The summed E-state index contributed by atoms with van der Waals surface area (Å²) >= 11 is 3.17. The number of thiol groups is 1. The van der Waals surface area contributed by atoms with Gasteiger partial charge in [0.2, 0.25) is 0 Å². The number of nitrogens with zero attached hydrogens (tertiary/aromatic N) is 1. The van der Waals surface area contributed by atoms with Crippen molar-refractivity contribution in [1.82, 2.24) is 0 Å². The van der Waals surface area contributed by atoms with Crippen LogP contribution in [0.25, 0.3) is 0 Å². The minimum atomic E-state index is -1.05. The zero-order valence-corrected chi connectivity index (χ0v) is 5.67. The van der Waals surface area contributed by atoms with Crippen LogP contribution in [0.15, 0.2) is 11.5 Å². The van der Waals surface area contributed by atoms with Crippen molar-refractivity contribution in [3.63, 3.8) is 0 Å². The highest BCUT2D eigenvalue weighted by molar-refractivity contribution is 7.97. The lowest BCUT2D eigenvalue weighted by Gasteiger charge is -1.92. The van der Waals surface area contributed by atoms with Crippen LogP contribution in [-0.2, 0) is 4.79 Å². The van der Waals surface area contributed by atoms with Crippen LogP contribution in [0.3, 0.4) is 0 Å². The third-order valence-electron chi connectivity index (χ3n) is 0.659. The van der Waals surface area contributed by atoms with E-state index in [-0.39, 0.29) is 0 Å². The molecule has 0 aromatic heterocycles. The molecule has 0 saturated heterocycles. The summed E-state index contributed by atoms with van der Waals surface area (Å²) in [6.45, 7) is 0. The Morgan fingerprint density at radius 2 is 1.90 bits per heavy atom. The van der Waals surface area contributed by atoms with Crippen molar-refractivity contribution in [2.24, 2.45) is 11.5 Å². The fourth-order valence-corrected chi connectivity index (χ4v) is 0.518. The summed E-state index contributed by atoms with van der Waals surface area (Å²) in [5.74, 6) is -0.634. The van der Waals surface area contributed by atoms with Crippen molar-refractivity contribution in [1.29, 1.82) is 0 Å². The van der Waals surface area contributed by atoms with Gasteiger partial charge in [-0.05, 0) is 0 Å². The lowest BCUT2D eigenvalue weighted by Crippen LogP contribution is -2.20. The second kappa shape index (κ2) is 3.06. The summed E-state index contributed by atoms with van der Waals surface area (Å²) in [6, 6.07) is 0. The Kier molecular flexibility index (Phi) is 2.68. The van der Waals surface area contributed by atoms with Gasteiger partial charge in [0.25, 0.3) is 5.12 Å². The quantitative estimate of drug-likeness (QED) is 0.205. The van der Waals surface area contributed by atoms with E-state index in [2.05, 4.69) is 12.6 Å². The number of hydrogen-bond donors (Lipinski definition) is 3. The predicted molar refractivity (Wildman–Crippen MR) is 36.4 cm³/mol. The highest BCUT2D eigenvalue weighted by Crippen LogP contribution is 2.00. The molecule has 0 heterocycles. The number of carbonyl (C=O) groups is 1. The third-order valence-corrected chi connectivity index (χ3v) is 0.870. The Morgan fingerprint density at radius 1 is 1.50 bits per heavy atom. The Morgan fingerprint density at radius 3 is 1.90 bits per heavy atom. The summed E-state index contributed by atoms with van der Waals surface area (Å²) in [5.41, 5.74) is 8.68. The maximum absolute atomic E-state index is 10.2. The number of carbonyl (C=O) groups excluding carboxylic acids is 1. The van der Waals surface area contributed by atoms with Gasteiger partial charge in [0.05, 0.1) is 4.92 Å². The van der Waals surface area contributed by atoms with Gasteiger partial charge in [0.15, 0.2) is 5.82 Å². The van der Waals surface area contributed by atoms with Gasteiger partial charge in [-0.2, -0.15) is 0 Å². The van der Waals surface area contributed by atoms with E-state index in [1.807, 2.05) is 0 Å². The minimum Gasteiger partial charge on any atom is -0.380 e. The van der Waals surface area contributed by atoms with E-state index >= 15 is 0 Å². The molecule has 0 atom stereocenters. The van der Waals surface area contributed by atoms with E-state index in [0.717, 1.165) is 0 Å². The van der Waals surface area contributed by atoms with Crippen LogP contribution in [0.2, 0.25) is 0 Å². The summed E-state index contributed by atoms with van der Waals surface area (Å²) in [5, 5.41) is 8.85. The Balaban J connectivity index is 4.79. The van der Waals surface area contributed by atoms with Gasteiger partial charge in [-0.15, -0.1) is 0 Å². The molecule has 4 N–H and O–H groups in total. The number of hydrogen-bond acceptors (Lipinski definition) is 5. The van der Waals surface area contributed by atoms with Crippen LogP contribution in [0.1, 0.15) is 0 Å². The van der Waals surface area contributed by atoms with Gasteiger partial charge in [-0.25, -0.2) is 0 Å². The first-order valence-corrected chi connectivity index (χ1v) is 2.54. The normalized spacial score (nSPS) is 8.50. The molecule has 0 saturated carbocycles. The van der Waals surface area contributed by atoms with Crippen molar-refractivity contribution in [3.05, 3.63) is 21.6 Å². The molecule has 0 rings (SSSR count). The molecule has 0 aliphatic rings. The Hall–Kier alpha value is -1.24. The first kappa shape index (κ1) is 8.76. The van der Waals surface area contributed by atoms with Crippen LogP contribution in [0.4, 0.5) is 0 Å². The SMILES string of the molecule is NC(N)=C(C(=O)S)[N+](=O)[O-]. The number of rotatable bonds is 2. The van der Waals surface area contributed by atoms with Gasteiger partial charge >= 0.3 is 5.70 Å². The fourth-order valence-electron chi connectivity index (χ4n) is 0.307. The minimum absolute atomic E-state index is 0.634. The average molecular weight is 163 g/mol. The number of nitrogens with two attached hydrogens (primary N) is 2. The maximum atomic E-state index is 10.2. The van der Waals surface area contributed by atoms with Crippen LogP contribution in [0.5, 0.6) is 0 Å². The topological polar surface area (TPSA) is 112 Å². The monoisotopic (exact) mass is 163 g/mol. The van der Waals surface area contributed by atoms with Gasteiger partial charge in [0.1, 0.15) is 0 Å². The smallest absolute Gasteiger partial charge is 0.361 e. The van der Waals surface area contributed by atoms with Gasteiger partial charge < -0.3 is 11.5 Å². The molecule has 0 spiro atoms. The molecule has 0 radical (unpaired) electrons. The van der Waals surface area contributed by atoms with E-state index in [1.54, 1.807) is 0 Å². The number of nitro groups is 1. The predicted octanol–water partition coefficient (Wildman–Crippen LogP) is -1.19. The third kappa shape index (κ3) is 1.94. The highest BCUT2D eigenvalue weighted by atomic mass is 32.1. The molecule has 7 heteroatoms. The molecular formula is C3H5N3O3S. The highest BCUT2D eigenvalue weighted by Gasteiger charge is 2.21. The second-order valence-electron chi connectivity index (χ2n) is 1.37. The van der Waals surface area contributed by atoms with Crippen molar-refractivity contribution in [2.45, 2.75) is 0 Å². The molecule has 6 nitrogen and oxygen atoms in total. The zero-order valence-electron chi connectivity index (χ0n) is 4.77. The lowest BCUT2D eigenvalue weighted by atomic mass is 10.5. The molecule has 0 unspecified atom stereocenters. The Labute approximate surface area is 61.4 Å². The van der Waals surface area contributed by atoms with Gasteiger partial charge in [0, 0.05) is 0 Å². The zero-order chi connectivity index (χ0) is 8.31. The first-order chi connectivity index (χ1) is 4.46. The van der Waals surface area contributed by atoms with Crippen LogP contribution in [-0.4, -0.2) is 10.0 Å². The molecule has 0 aromatic carbocycles. The molecule has 0 bridgehead atoms. The molecule has 0 fully saturated rings. The van der Waals surface area contributed by atoms with Crippen molar-refractivity contribution in [2.75, 3.05) is 0 Å². The van der Waals surface area contributed by atoms with E-state index in [0.29, 0.717) is 0 Å². The average Bonchev–Trinajstić information content (AvgIpc) is 1.59. The van der Waals surface area contributed by atoms with E-state index in [1.165, 1.54) is 0 Å². The Bertz CT molecular complexity index is 191. The van der Waals surface area contributed by atoms with E-state index < -0.39 is 21.6 Å². The standard InChI is InChI=1S/C3H5N3O3S/c4-2(5)1(3(7)10)6(8)9/h4-5H2,(H,7,10). The van der Waals surface area contributed by atoms with Crippen molar-refractivity contribution < 1.29 is 9.72 Å². The largest absolute Gasteiger partial charge is 0.380 e. The lowest BCUT2D eigenvalue weighted by molar-refractivity contribution is -0.419.